The van der Waals surface area contributed by atoms with E-state index >= 15 is 0 Å². The highest BCUT2D eigenvalue weighted by Crippen LogP contribution is 2.14. The summed E-state index contributed by atoms with van der Waals surface area (Å²) >= 11 is 0. The van der Waals surface area contributed by atoms with E-state index in [1.54, 1.807) is 4.63 Å². The molecule has 17 heavy (non-hydrogen) atoms. The molecule has 0 aliphatic heterocycles. The number of aryl methyl sites for hydroxylation is 2. The molecular weight excluding hydrogens is 218 g/mol. The molecule has 0 radical (unpaired) electrons. The summed E-state index contributed by atoms with van der Waals surface area (Å²) in [6.07, 6.45) is 0.466. The van der Waals surface area contributed by atoms with E-state index in [2.05, 4.69) is 20.5 Å². The first-order valence-corrected chi connectivity index (χ1v) is 5.74. The number of H-pyrrole nitrogens is 1. The van der Waals surface area contributed by atoms with Gasteiger partial charge in [-0.25, -0.2) is 4.98 Å². The Labute approximate surface area is 99.4 Å². The van der Waals surface area contributed by atoms with Gasteiger partial charge in [-0.05, 0) is 20.8 Å². The number of hydrogen-bond donors (Lipinski definition) is 2. The number of fused-ring (bicyclic) bond motifs is 1. The van der Waals surface area contributed by atoms with Crippen LogP contribution in [0, 0.1) is 13.8 Å². The van der Waals surface area contributed by atoms with Crippen LogP contribution in [0.4, 0.5) is 0 Å². The Kier molecular flexibility index (Phi) is 2.87. The monoisotopic (exact) mass is 235 g/mol. The number of hydrogen-bond acceptors (Lipinski definition) is 3. The van der Waals surface area contributed by atoms with E-state index < -0.39 is 0 Å². The van der Waals surface area contributed by atoms with Crippen molar-refractivity contribution in [1.82, 2.24) is 25.1 Å². The van der Waals surface area contributed by atoms with Gasteiger partial charge in [-0.15, -0.1) is 5.10 Å². The molecule has 6 heteroatoms. The summed E-state index contributed by atoms with van der Waals surface area (Å²) in [7, 11) is 0. The fourth-order valence-electron chi connectivity index (χ4n) is 1.65. The molecular formula is C11H17N5O. The van der Waals surface area contributed by atoms with Crippen molar-refractivity contribution in [3.8, 4) is 0 Å². The summed E-state index contributed by atoms with van der Waals surface area (Å²) in [6, 6.07) is -0.171. The van der Waals surface area contributed by atoms with Crippen LogP contribution >= 0.6 is 0 Å². The first-order chi connectivity index (χ1) is 8.02. The quantitative estimate of drug-likeness (QED) is 0.841. The number of nitrogens with zero attached hydrogens (tertiary/aromatic N) is 3. The summed E-state index contributed by atoms with van der Waals surface area (Å²) in [5.41, 5.74) is 2.95. The standard InChI is InChI=1S/C11H17N5O/c1-5-9(17)12-8(4)10-13-11-6(2)7(3)14-16(11)15-10/h8,14H,5H2,1-4H3,(H,12,17). The lowest BCUT2D eigenvalue weighted by molar-refractivity contribution is -0.121. The highest BCUT2D eigenvalue weighted by atomic mass is 16.1. The Balaban J connectivity index is 2.27. The summed E-state index contributed by atoms with van der Waals surface area (Å²) in [4.78, 5) is 15.7. The third kappa shape index (κ3) is 2.02. The normalized spacial score (nSPS) is 12.9. The Morgan fingerprint density at radius 1 is 1.53 bits per heavy atom. The Bertz CT molecular complexity index is 553. The molecule has 92 valence electrons. The lowest BCUT2D eigenvalue weighted by Crippen LogP contribution is -2.26. The summed E-state index contributed by atoms with van der Waals surface area (Å²) in [5, 5.41) is 10.3. The number of carbonyl (C=O) groups excluding carboxylic acids is 1. The number of amides is 1. The molecule has 0 spiro atoms. The molecule has 2 heterocycles. The molecule has 0 aliphatic carbocycles. The Hall–Kier alpha value is -1.85. The van der Waals surface area contributed by atoms with Crippen molar-refractivity contribution < 1.29 is 4.79 Å². The molecule has 1 amide bonds. The van der Waals surface area contributed by atoms with Crippen molar-refractivity contribution in [2.45, 2.75) is 40.2 Å². The lowest BCUT2D eigenvalue weighted by atomic mass is 10.3. The van der Waals surface area contributed by atoms with E-state index in [4.69, 9.17) is 0 Å². The van der Waals surface area contributed by atoms with Gasteiger partial charge >= 0.3 is 0 Å². The fourth-order valence-corrected chi connectivity index (χ4v) is 1.65. The molecule has 0 aromatic carbocycles. The van der Waals surface area contributed by atoms with E-state index in [0.29, 0.717) is 12.2 Å². The number of nitrogens with one attached hydrogen (secondary N) is 2. The average molecular weight is 235 g/mol. The molecule has 2 rings (SSSR count). The van der Waals surface area contributed by atoms with Gasteiger partial charge < -0.3 is 5.32 Å². The van der Waals surface area contributed by atoms with E-state index in [0.717, 1.165) is 16.9 Å². The third-order valence-corrected chi connectivity index (χ3v) is 2.88. The minimum absolute atomic E-state index is 0.00358. The van der Waals surface area contributed by atoms with Crippen LogP contribution in [0.5, 0.6) is 0 Å². The van der Waals surface area contributed by atoms with Crippen LogP contribution in [0.15, 0.2) is 0 Å². The Morgan fingerprint density at radius 3 is 2.82 bits per heavy atom. The van der Waals surface area contributed by atoms with Gasteiger partial charge in [0.2, 0.25) is 5.91 Å². The van der Waals surface area contributed by atoms with E-state index in [9.17, 15) is 4.79 Å². The first-order valence-electron chi connectivity index (χ1n) is 5.74. The van der Waals surface area contributed by atoms with Crippen LogP contribution in [0.1, 0.15) is 43.4 Å². The highest BCUT2D eigenvalue weighted by molar-refractivity contribution is 5.75. The van der Waals surface area contributed by atoms with Crippen LogP contribution in [0.2, 0.25) is 0 Å². The molecule has 6 nitrogen and oxygen atoms in total. The molecule has 0 aliphatic rings. The second-order valence-corrected chi connectivity index (χ2v) is 4.21. The van der Waals surface area contributed by atoms with E-state index in [-0.39, 0.29) is 11.9 Å². The second-order valence-electron chi connectivity index (χ2n) is 4.21. The van der Waals surface area contributed by atoms with Gasteiger partial charge in [0.1, 0.15) is 0 Å². The number of aromatic nitrogens is 4. The predicted molar refractivity (Wildman–Crippen MR) is 63.7 cm³/mol. The molecule has 0 saturated carbocycles. The molecule has 1 unspecified atom stereocenters. The van der Waals surface area contributed by atoms with E-state index in [1.165, 1.54) is 0 Å². The topological polar surface area (TPSA) is 75.1 Å². The number of aromatic amines is 1. The largest absolute Gasteiger partial charge is 0.346 e. The molecule has 2 aromatic heterocycles. The molecule has 0 saturated heterocycles. The Morgan fingerprint density at radius 2 is 2.24 bits per heavy atom. The van der Waals surface area contributed by atoms with Gasteiger partial charge in [0.25, 0.3) is 0 Å². The van der Waals surface area contributed by atoms with Crippen LogP contribution in [0.25, 0.3) is 5.65 Å². The zero-order valence-electron chi connectivity index (χ0n) is 10.5. The molecule has 2 N–H and O–H groups in total. The maximum Gasteiger partial charge on any atom is 0.220 e. The van der Waals surface area contributed by atoms with Crippen molar-refractivity contribution in [1.29, 1.82) is 0 Å². The van der Waals surface area contributed by atoms with Crippen LogP contribution in [-0.2, 0) is 4.79 Å². The maximum atomic E-state index is 11.3. The van der Waals surface area contributed by atoms with Crippen molar-refractivity contribution in [3.63, 3.8) is 0 Å². The number of carbonyl (C=O) groups is 1. The maximum absolute atomic E-state index is 11.3. The lowest BCUT2D eigenvalue weighted by Gasteiger charge is -2.08. The van der Waals surface area contributed by atoms with Gasteiger partial charge in [-0.3, -0.25) is 9.89 Å². The average Bonchev–Trinajstić information content (AvgIpc) is 2.80. The van der Waals surface area contributed by atoms with Crippen molar-refractivity contribution in [2.75, 3.05) is 0 Å². The third-order valence-electron chi connectivity index (χ3n) is 2.88. The zero-order chi connectivity index (χ0) is 12.6. The van der Waals surface area contributed by atoms with Gasteiger partial charge in [0.15, 0.2) is 11.5 Å². The summed E-state index contributed by atoms with van der Waals surface area (Å²) in [6.45, 7) is 7.67. The smallest absolute Gasteiger partial charge is 0.220 e. The predicted octanol–water partition coefficient (Wildman–Crippen LogP) is 1.26. The van der Waals surface area contributed by atoms with Gasteiger partial charge in [0, 0.05) is 17.7 Å². The highest BCUT2D eigenvalue weighted by Gasteiger charge is 2.16. The van der Waals surface area contributed by atoms with Crippen LogP contribution in [-0.4, -0.2) is 25.7 Å². The van der Waals surface area contributed by atoms with Crippen LogP contribution in [0.3, 0.4) is 0 Å². The fraction of sp³-hybridized carbons (Fsp3) is 0.545. The van der Waals surface area contributed by atoms with Crippen molar-refractivity contribution in [3.05, 3.63) is 17.1 Å². The minimum atomic E-state index is -0.171. The van der Waals surface area contributed by atoms with Crippen LogP contribution < -0.4 is 5.32 Å². The number of rotatable bonds is 3. The first kappa shape index (κ1) is 11.6. The second kappa shape index (κ2) is 4.20. The summed E-state index contributed by atoms with van der Waals surface area (Å²) in [5.74, 6) is 0.630. The molecule has 0 bridgehead atoms. The van der Waals surface area contributed by atoms with Gasteiger partial charge in [-0.2, -0.15) is 4.63 Å². The van der Waals surface area contributed by atoms with Crippen molar-refractivity contribution >= 4 is 11.6 Å². The summed E-state index contributed by atoms with van der Waals surface area (Å²) < 4.78 is 1.65. The zero-order valence-corrected chi connectivity index (χ0v) is 10.5. The minimum Gasteiger partial charge on any atom is -0.346 e. The molecule has 0 fully saturated rings. The molecule has 2 aromatic rings. The SMILES string of the molecule is CCC(=O)NC(C)c1nc2c(C)c(C)[nH]n2n1. The van der Waals surface area contributed by atoms with Gasteiger partial charge in [-0.1, -0.05) is 6.92 Å². The van der Waals surface area contributed by atoms with Gasteiger partial charge in [0.05, 0.1) is 6.04 Å². The molecule has 1 atom stereocenters. The van der Waals surface area contributed by atoms with Crippen molar-refractivity contribution in [2.24, 2.45) is 0 Å². The van der Waals surface area contributed by atoms with E-state index in [1.807, 2.05) is 27.7 Å².